The molecule has 0 spiro atoms. The molecule has 0 aromatic heterocycles. The summed E-state index contributed by atoms with van der Waals surface area (Å²) < 4.78 is 0. The Bertz CT molecular complexity index is 210. The van der Waals surface area contributed by atoms with E-state index in [1.54, 1.807) is 0 Å². The van der Waals surface area contributed by atoms with Crippen LogP contribution >= 0.6 is 0 Å². The van der Waals surface area contributed by atoms with Gasteiger partial charge in [0.05, 0.1) is 8.07 Å². The molecule has 0 rings (SSSR count). The first-order chi connectivity index (χ1) is 8.50. The maximum absolute atomic E-state index is 3.69. The van der Waals surface area contributed by atoms with Gasteiger partial charge in [-0.25, -0.2) is 0 Å². The number of hydrogen-bond acceptors (Lipinski definition) is 0. The third kappa shape index (κ3) is 51.3. The average Bonchev–Trinajstić information content (AvgIpc) is 2.12. The van der Waals surface area contributed by atoms with Crippen molar-refractivity contribution in [1.82, 2.24) is 0 Å². The van der Waals surface area contributed by atoms with Crippen LogP contribution in [0.5, 0.6) is 0 Å². The quantitative estimate of drug-likeness (QED) is 0.489. The molecule has 0 saturated carbocycles. The molecule has 0 aromatic rings. The molecule has 0 amide bonds. The lowest BCUT2D eigenvalue weighted by Gasteiger charge is -2.22. The summed E-state index contributed by atoms with van der Waals surface area (Å²) in [7, 11) is -2.47. The number of hydrogen-bond donors (Lipinski definition) is 0. The van der Waals surface area contributed by atoms with E-state index < -0.39 is 24.2 Å². The van der Waals surface area contributed by atoms with Gasteiger partial charge in [0.1, 0.15) is 0 Å². The van der Waals surface area contributed by atoms with Crippen LogP contribution in [-0.4, -0.2) is 33.0 Å². The van der Waals surface area contributed by atoms with Crippen molar-refractivity contribution in [2.45, 2.75) is 90.7 Å². The molecule has 0 aromatic carbocycles. The summed E-state index contributed by atoms with van der Waals surface area (Å²) in [5.41, 5.74) is 2.08. The molecule has 0 fully saturated rings. The van der Waals surface area contributed by atoms with Crippen molar-refractivity contribution in [3.05, 3.63) is 12.3 Å². The van der Waals surface area contributed by atoms with E-state index in [-0.39, 0.29) is 8.80 Å². The molecule has 4 heteroatoms. The Morgan fingerprint density at radius 2 is 0.850 bits per heavy atom. The highest BCUT2D eigenvalue weighted by atomic mass is 28.3. The molecule has 0 unspecified atom stereocenters. The van der Waals surface area contributed by atoms with Gasteiger partial charge >= 0.3 is 0 Å². The largest absolute Gasteiger partial charge is 0.107 e. The number of rotatable bonds is 4. The van der Waals surface area contributed by atoms with Crippen LogP contribution in [0.4, 0.5) is 0 Å². The summed E-state index contributed by atoms with van der Waals surface area (Å²) in [6, 6.07) is 3.06. The van der Waals surface area contributed by atoms with Crippen molar-refractivity contribution in [3.63, 3.8) is 0 Å². The van der Waals surface area contributed by atoms with E-state index in [0.717, 1.165) is 0 Å². The summed E-state index contributed by atoms with van der Waals surface area (Å²) in [6.07, 6.45) is 0. The Morgan fingerprint density at radius 1 is 0.700 bits per heavy atom. The fourth-order valence-electron chi connectivity index (χ4n) is 0.750. The van der Waals surface area contributed by atoms with Crippen molar-refractivity contribution in [3.8, 4) is 0 Å². The Hall–Kier alpha value is 0.608. The minimum Gasteiger partial charge on any atom is -0.107 e. The van der Waals surface area contributed by atoms with Crippen molar-refractivity contribution in [2.75, 3.05) is 0 Å². The van der Waals surface area contributed by atoms with E-state index >= 15 is 0 Å². The maximum atomic E-state index is 3.69. The smallest absolute Gasteiger partial charge is 0.0679 e. The molecule has 0 nitrogen and oxygen atoms in total. The lowest BCUT2D eigenvalue weighted by atomic mass is 10.9. The van der Waals surface area contributed by atoms with Crippen LogP contribution in [0.1, 0.15) is 0 Å². The van der Waals surface area contributed by atoms with Crippen LogP contribution in [0.2, 0.25) is 90.7 Å². The minimum absolute atomic E-state index is 0.139. The van der Waals surface area contributed by atoms with Crippen LogP contribution < -0.4 is 0 Å². The Morgan fingerprint density at radius 3 is 0.900 bits per heavy atom. The zero-order valence-electron chi connectivity index (χ0n) is 16.8. The predicted octanol–water partition coefficient (Wildman–Crippen LogP) is 6.82. The van der Waals surface area contributed by atoms with E-state index in [9.17, 15) is 0 Å². The second-order valence-electron chi connectivity index (χ2n) is 9.92. The summed E-state index contributed by atoms with van der Waals surface area (Å²) in [6.45, 7) is 32.2. The van der Waals surface area contributed by atoms with Crippen LogP contribution in [0, 0.1) is 0 Å². The molecule has 0 bridgehead atoms. The highest BCUT2D eigenvalue weighted by molar-refractivity contribution is 6.81. The van der Waals surface area contributed by atoms with Gasteiger partial charge in [0.15, 0.2) is 0 Å². The van der Waals surface area contributed by atoms with Gasteiger partial charge in [0, 0.05) is 24.9 Å². The average molecular weight is 349 g/mol. The van der Waals surface area contributed by atoms with Crippen molar-refractivity contribution in [1.29, 1.82) is 0 Å². The Balaban J connectivity index is -0.000000246. The summed E-state index contributed by atoms with van der Waals surface area (Å²) in [4.78, 5) is 0. The van der Waals surface area contributed by atoms with Gasteiger partial charge < -0.3 is 0 Å². The summed E-state index contributed by atoms with van der Waals surface area (Å²) in [5, 5.41) is 0. The van der Waals surface area contributed by atoms with Gasteiger partial charge in [-0.05, 0) is 0 Å². The zero-order chi connectivity index (χ0) is 17.2. The van der Waals surface area contributed by atoms with E-state index in [1.807, 2.05) is 0 Å². The maximum Gasteiger partial charge on any atom is 0.0679 e. The van der Waals surface area contributed by atoms with Crippen LogP contribution in [-0.2, 0) is 0 Å². The summed E-state index contributed by atoms with van der Waals surface area (Å²) in [5.74, 6) is 0. The normalized spacial score (nSPS) is 12.1. The molecule has 0 saturated heterocycles. The minimum atomic E-state index is -0.867. The van der Waals surface area contributed by atoms with Gasteiger partial charge in [-0.1, -0.05) is 90.7 Å². The molecule has 0 N–H and O–H groups in total. The molecule has 0 atom stereocenters. The van der Waals surface area contributed by atoms with Gasteiger partial charge in [-0.3, -0.25) is 0 Å². The first-order valence-electron chi connectivity index (χ1n) is 8.14. The van der Waals surface area contributed by atoms with Crippen LogP contribution in [0.3, 0.4) is 0 Å². The second kappa shape index (κ2) is 11.2. The van der Waals surface area contributed by atoms with Gasteiger partial charge in [0.25, 0.3) is 0 Å². The highest BCUT2D eigenvalue weighted by Crippen LogP contribution is 2.19. The zero-order valence-corrected chi connectivity index (χ0v) is 20.9. The second-order valence-corrected chi connectivity index (χ2v) is 29.8. The highest BCUT2D eigenvalue weighted by Gasteiger charge is 2.19. The SMILES string of the molecule is C=C[Si](C)(C)C.C[SiH](C)C.C[Si](C)(C)CC[Si](C)(C)C. The summed E-state index contributed by atoms with van der Waals surface area (Å²) >= 11 is 0. The van der Waals surface area contributed by atoms with Crippen molar-refractivity contribution in [2.24, 2.45) is 0 Å². The van der Waals surface area contributed by atoms with E-state index in [4.69, 9.17) is 0 Å². The first kappa shape index (κ1) is 25.6. The first-order valence-corrected chi connectivity index (χ1v) is 22.6. The fraction of sp³-hybridized carbons (Fsp3) is 0.875. The Labute approximate surface area is 136 Å². The lowest BCUT2D eigenvalue weighted by Crippen LogP contribution is -2.26. The standard InChI is InChI=1S/C8H22Si2.C5H12Si.C3H10Si/c1-9(2,3)7-8-10(4,5)6;1-5-6(2,3)4;1-4(2)3/h7-8H2,1-6H3;5H,1H2,2-4H3;4H,1-3H3. The monoisotopic (exact) mass is 348 g/mol. The third-order valence-electron chi connectivity index (χ3n) is 2.24. The molecular formula is C16H44Si4. The van der Waals surface area contributed by atoms with E-state index in [2.05, 4.69) is 90.8 Å². The van der Waals surface area contributed by atoms with Crippen molar-refractivity contribution < 1.29 is 0 Å². The molecule has 0 aliphatic carbocycles. The third-order valence-corrected chi connectivity index (χ3v) is 7.46. The molecule has 0 aliphatic heterocycles. The van der Waals surface area contributed by atoms with Gasteiger partial charge in [-0.2, -0.15) is 0 Å². The van der Waals surface area contributed by atoms with Crippen LogP contribution in [0.25, 0.3) is 0 Å². The van der Waals surface area contributed by atoms with E-state index in [1.165, 1.54) is 12.1 Å². The lowest BCUT2D eigenvalue weighted by molar-refractivity contribution is 1.27. The molecule has 0 radical (unpaired) electrons. The topological polar surface area (TPSA) is 0 Å². The molecular weight excluding hydrogens is 305 g/mol. The molecule has 0 heterocycles. The molecule has 20 heavy (non-hydrogen) atoms. The predicted molar refractivity (Wildman–Crippen MR) is 115 cm³/mol. The van der Waals surface area contributed by atoms with Crippen LogP contribution in [0.15, 0.2) is 12.3 Å². The fourth-order valence-corrected chi connectivity index (χ4v) is 6.75. The van der Waals surface area contributed by atoms with Crippen molar-refractivity contribution >= 4 is 33.0 Å². The Kier molecular flexibility index (Phi) is 14.3. The molecule has 124 valence electrons. The van der Waals surface area contributed by atoms with Gasteiger partial charge in [0.2, 0.25) is 0 Å². The van der Waals surface area contributed by atoms with E-state index in [0.29, 0.717) is 0 Å². The van der Waals surface area contributed by atoms with Gasteiger partial charge in [-0.15, -0.1) is 12.3 Å². The molecule has 0 aliphatic rings.